The predicted molar refractivity (Wildman–Crippen MR) is 77.5 cm³/mol. The van der Waals surface area contributed by atoms with Gasteiger partial charge in [-0.05, 0) is 32.1 Å². The lowest BCUT2D eigenvalue weighted by atomic mass is 9.75. The summed E-state index contributed by atoms with van der Waals surface area (Å²) in [5.41, 5.74) is -0.0416. The molecule has 0 aromatic heterocycles. The van der Waals surface area contributed by atoms with Gasteiger partial charge in [-0.25, -0.2) is 0 Å². The lowest BCUT2D eigenvalue weighted by Gasteiger charge is -2.40. The molecule has 2 saturated carbocycles. The Balaban J connectivity index is 1.78. The quantitative estimate of drug-likeness (QED) is 0.762. The second kappa shape index (κ2) is 6.45. The highest BCUT2D eigenvalue weighted by molar-refractivity contribution is 6.18. The number of rotatable bonds is 6. The molecule has 0 aromatic carbocycles. The SMILES string of the molecule is COC1(CC(=O)NCC2(CCl)CCCCC2)CCC1. The van der Waals surface area contributed by atoms with Gasteiger partial charge in [0.25, 0.3) is 0 Å². The number of methoxy groups -OCH3 is 1. The van der Waals surface area contributed by atoms with Crippen LogP contribution in [0.4, 0.5) is 0 Å². The molecule has 110 valence electrons. The molecule has 0 radical (unpaired) electrons. The van der Waals surface area contributed by atoms with Gasteiger partial charge in [0, 0.05) is 24.9 Å². The summed E-state index contributed by atoms with van der Waals surface area (Å²) in [5.74, 6) is 0.777. The monoisotopic (exact) mass is 287 g/mol. The Bertz CT molecular complexity index is 304. The van der Waals surface area contributed by atoms with Crippen molar-refractivity contribution in [3.8, 4) is 0 Å². The first kappa shape index (κ1) is 15.1. The van der Waals surface area contributed by atoms with Gasteiger partial charge in [0.1, 0.15) is 0 Å². The van der Waals surface area contributed by atoms with Gasteiger partial charge in [-0.2, -0.15) is 0 Å². The Kier molecular flexibility index (Phi) is 5.13. The van der Waals surface area contributed by atoms with Gasteiger partial charge in [-0.3, -0.25) is 4.79 Å². The first-order chi connectivity index (χ1) is 9.14. The van der Waals surface area contributed by atoms with Crippen LogP contribution in [0.1, 0.15) is 57.8 Å². The molecular weight excluding hydrogens is 262 g/mol. The van der Waals surface area contributed by atoms with Crippen LogP contribution in [0, 0.1) is 5.41 Å². The Morgan fingerprint density at radius 1 is 1.16 bits per heavy atom. The molecule has 0 bridgehead atoms. The third-order valence-electron chi connectivity index (χ3n) is 5.04. The maximum absolute atomic E-state index is 12.1. The van der Waals surface area contributed by atoms with E-state index in [1.54, 1.807) is 7.11 Å². The second-order valence-electron chi connectivity index (χ2n) is 6.39. The number of carbonyl (C=O) groups is 1. The van der Waals surface area contributed by atoms with Crippen LogP contribution in [0.25, 0.3) is 0 Å². The van der Waals surface area contributed by atoms with Gasteiger partial charge in [0.05, 0.1) is 12.0 Å². The number of halogens is 1. The molecule has 1 N–H and O–H groups in total. The molecule has 2 fully saturated rings. The topological polar surface area (TPSA) is 38.3 Å². The third-order valence-corrected chi connectivity index (χ3v) is 5.61. The molecule has 3 nitrogen and oxygen atoms in total. The zero-order valence-corrected chi connectivity index (χ0v) is 12.7. The highest BCUT2D eigenvalue weighted by atomic mass is 35.5. The maximum Gasteiger partial charge on any atom is 0.222 e. The Hall–Kier alpha value is -0.280. The highest BCUT2D eigenvalue weighted by Crippen LogP contribution is 2.39. The maximum atomic E-state index is 12.1. The molecular formula is C15H26ClNO2. The third kappa shape index (κ3) is 3.63. The van der Waals surface area contributed by atoms with Gasteiger partial charge >= 0.3 is 0 Å². The molecule has 2 aliphatic rings. The van der Waals surface area contributed by atoms with E-state index in [2.05, 4.69) is 5.32 Å². The van der Waals surface area contributed by atoms with Crippen LogP contribution in [-0.4, -0.2) is 31.0 Å². The molecule has 0 spiro atoms. The molecule has 2 aliphatic carbocycles. The smallest absolute Gasteiger partial charge is 0.222 e. The minimum Gasteiger partial charge on any atom is -0.378 e. The molecule has 0 unspecified atom stereocenters. The first-order valence-corrected chi connectivity index (χ1v) is 8.05. The van der Waals surface area contributed by atoms with Crippen molar-refractivity contribution in [3.05, 3.63) is 0 Å². The molecule has 19 heavy (non-hydrogen) atoms. The van der Waals surface area contributed by atoms with E-state index in [9.17, 15) is 4.79 Å². The number of amides is 1. The fraction of sp³-hybridized carbons (Fsp3) is 0.933. The summed E-state index contributed by atoms with van der Waals surface area (Å²) in [7, 11) is 1.72. The second-order valence-corrected chi connectivity index (χ2v) is 6.66. The van der Waals surface area contributed by atoms with E-state index < -0.39 is 0 Å². The molecule has 0 aromatic rings. The molecule has 1 amide bonds. The van der Waals surface area contributed by atoms with E-state index in [4.69, 9.17) is 16.3 Å². The summed E-state index contributed by atoms with van der Waals surface area (Å²) < 4.78 is 5.50. The van der Waals surface area contributed by atoms with Crippen LogP contribution >= 0.6 is 11.6 Å². The molecule has 0 atom stereocenters. The Labute approximate surface area is 121 Å². The normalized spacial score (nSPS) is 24.5. The Morgan fingerprint density at radius 3 is 2.32 bits per heavy atom. The van der Waals surface area contributed by atoms with Crippen molar-refractivity contribution in [1.82, 2.24) is 5.32 Å². The minimum absolute atomic E-state index is 0.122. The van der Waals surface area contributed by atoms with Crippen molar-refractivity contribution in [1.29, 1.82) is 0 Å². The lowest BCUT2D eigenvalue weighted by molar-refractivity contribution is -0.134. The molecule has 0 aliphatic heterocycles. The van der Waals surface area contributed by atoms with Crippen LogP contribution in [0.5, 0.6) is 0 Å². The van der Waals surface area contributed by atoms with Crippen LogP contribution in [0.2, 0.25) is 0 Å². The van der Waals surface area contributed by atoms with Crippen LogP contribution in [0.15, 0.2) is 0 Å². The largest absolute Gasteiger partial charge is 0.378 e. The van der Waals surface area contributed by atoms with Crippen LogP contribution in [-0.2, 0) is 9.53 Å². The number of hydrogen-bond acceptors (Lipinski definition) is 2. The fourth-order valence-electron chi connectivity index (χ4n) is 3.32. The summed E-state index contributed by atoms with van der Waals surface area (Å²) in [6.07, 6.45) is 9.77. The van der Waals surface area contributed by atoms with Gasteiger partial charge in [-0.15, -0.1) is 11.6 Å². The van der Waals surface area contributed by atoms with Gasteiger partial charge in [0.15, 0.2) is 0 Å². The number of carbonyl (C=O) groups excluding carboxylic acids is 1. The van der Waals surface area contributed by atoms with E-state index in [0.717, 1.165) is 32.2 Å². The standard InChI is InChI=1S/C15H26ClNO2/c1-19-15(8-5-9-15)10-13(18)17-12-14(11-16)6-3-2-4-7-14/h2-12H2,1H3,(H,17,18). The number of alkyl halides is 1. The molecule has 2 rings (SSSR count). The van der Waals surface area contributed by atoms with E-state index in [-0.39, 0.29) is 16.9 Å². The predicted octanol–water partition coefficient (Wildman–Crippen LogP) is 3.25. The van der Waals surface area contributed by atoms with Crippen molar-refractivity contribution < 1.29 is 9.53 Å². The van der Waals surface area contributed by atoms with Crippen molar-refractivity contribution in [2.75, 3.05) is 19.5 Å². The zero-order valence-electron chi connectivity index (χ0n) is 12.0. The van der Waals surface area contributed by atoms with Gasteiger partial charge in [-0.1, -0.05) is 19.3 Å². The summed E-state index contributed by atoms with van der Waals surface area (Å²) in [5, 5.41) is 3.10. The summed E-state index contributed by atoms with van der Waals surface area (Å²) >= 11 is 6.14. The van der Waals surface area contributed by atoms with Gasteiger partial charge < -0.3 is 10.1 Å². The van der Waals surface area contributed by atoms with Crippen molar-refractivity contribution in [2.45, 2.75) is 63.4 Å². The average molecular weight is 288 g/mol. The summed E-state index contributed by atoms with van der Waals surface area (Å²) in [6.45, 7) is 0.731. The Morgan fingerprint density at radius 2 is 1.84 bits per heavy atom. The van der Waals surface area contributed by atoms with Crippen molar-refractivity contribution in [2.24, 2.45) is 5.41 Å². The fourth-order valence-corrected chi connectivity index (χ4v) is 3.69. The van der Waals surface area contributed by atoms with E-state index >= 15 is 0 Å². The number of ether oxygens (including phenoxy) is 1. The van der Waals surface area contributed by atoms with Crippen molar-refractivity contribution >= 4 is 17.5 Å². The highest BCUT2D eigenvalue weighted by Gasteiger charge is 2.39. The van der Waals surface area contributed by atoms with Crippen LogP contribution < -0.4 is 5.32 Å². The van der Waals surface area contributed by atoms with Crippen molar-refractivity contribution in [3.63, 3.8) is 0 Å². The lowest BCUT2D eigenvalue weighted by Crippen LogP contribution is -2.46. The number of nitrogens with one attached hydrogen (secondary N) is 1. The average Bonchev–Trinajstić information content (AvgIpc) is 2.42. The van der Waals surface area contributed by atoms with E-state index in [0.29, 0.717) is 12.3 Å². The molecule has 0 heterocycles. The van der Waals surface area contributed by atoms with E-state index in [1.165, 1.54) is 25.7 Å². The van der Waals surface area contributed by atoms with E-state index in [1.807, 2.05) is 0 Å². The summed E-state index contributed by atoms with van der Waals surface area (Å²) in [4.78, 5) is 12.1. The molecule has 0 saturated heterocycles. The zero-order chi connectivity index (χ0) is 13.8. The summed E-state index contributed by atoms with van der Waals surface area (Å²) in [6, 6.07) is 0. The minimum atomic E-state index is -0.176. The first-order valence-electron chi connectivity index (χ1n) is 7.52. The van der Waals surface area contributed by atoms with Gasteiger partial charge in [0.2, 0.25) is 5.91 Å². The molecule has 4 heteroatoms. The number of hydrogen-bond donors (Lipinski definition) is 1. The van der Waals surface area contributed by atoms with Crippen LogP contribution in [0.3, 0.4) is 0 Å².